The number of hydroxylamine groups is 1. The van der Waals surface area contributed by atoms with Crippen molar-refractivity contribution in [3.8, 4) is 0 Å². The van der Waals surface area contributed by atoms with E-state index in [9.17, 15) is 9.59 Å². The molecule has 0 spiro atoms. The van der Waals surface area contributed by atoms with Crippen LogP contribution in [0.1, 0.15) is 20.8 Å². The van der Waals surface area contributed by atoms with Crippen molar-refractivity contribution in [2.75, 3.05) is 19.2 Å². The van der Waals surface area contributed by atoms with Crippen molar-refractivity contribution in [1.82, 2.24) is 10.2 Å². The zero-order valence-corrected chi connectivity index (χ0v) is 12.5. The van der Waals surface area contributed by atoms with Gasteiger partial charge in [0.1, 0.15) is 0 Å². The van der Waals surface area contributed by atoms with Crippen molar-refractivity contribution in [3.05, 3.63) is 30.3 Å². The number of benzene rings is 1. The summed E-state index contributed by atoms with van der Waals surface area (Å²) < 4.78 is 0. The third-order valence-electron chi connectivity index (χ3n) is 2.20. The number of anilines is 1. The number of rotatable bonds is 1. The molecule has 6 heteroatoms. The van der Waals surface area contributed by atoms with Gasteiger partial charge in [-0.1, -0.05) is 18.2 Å². The van der Waals surface area contributed by atoms with Crippen LogP contribution in [0.25, 0.3) is 0 Å². The molecule has 0 aliphatic carbocycles. The largest absolute Gasteiger partial charge is 0.432 e. The predicted molar refractivity (Wildman–Crippen MR) is 77.4 cm³/mol. The summed E-state index contributed by atoms with van der Waals surface area (Å²) in [5.74, 6) is 0. The molecule has 0 aromatic heterocycles. The first-order valence-corrected chi connectivity index (χ1v) is 6.27. The molecule has 0 aliphatic rings. The van der Waals surface area contributed by atoms with Crippen LogP contribution in [0.5, 0.6) is 0 Å². The molecule has 6 nitrogen and oxygen atoms in total. The number of amides is 3. The van der Waals surface area contributed by atoms with E-state index in [0.717, 1.165) is 5.06 Å². The van der Waals surface area contributed by atoms with Crippen LogP contribution in [0.15, 0.2) is 30.3 Å². The van der Waals surface area contributed by atoms with Gasteiger partial charge in [0.25, 0.3) is 0 Å². The van der Waals surface area contributed by atoms with E-state index in [2.05, 4.69) is 5.32 Å². The SMILES string of the molecule is CN(C)C(=O)N(OC(=O)NC(C)(C)C)c1ccccc1. The summed E-state index contributed by atoms with van der Waals surface area (Å²) in [4.78, 5) is 30.4. The quantitative estimate of drug-likeness (QED) is 0.804. The molecule has 0 bridgehead atoms. The Morgan fingerprint density at radius 3 is 2.10 bits per heavy atom. The fourth-order valence-electron chi connectivity index (χ4n) is 1.36. The number of nitrogens with zero attached hydrogens (tertiary/aromatic N) is 2. The zero-order chi connectivity index (χ0) is 15.3. The van der Waals surface area contributed by atoms with Gasteiger partial charge in [-0.05, 0) is 32.9 Å². The summed E-state index contributed by atoms with van der Waals surface area (Å²) in [6.07, 6.45) is -0.684. The number of carbonyl (C=O) groups excluding carboxylic acids is 2. The Labute approximate surface area is 119 Å². The highest BCUT2D eigenvalue weighted by atomic mass is 16.7. The van der Waals surface area contributed by atoms with E-state index < -0.39 is 17.7 Å². The Balaban J connectivity index is 2.90. The lowest BCUT2D eigenvalue weighted by molar-refractivity contribution is 0.121. The second kappa shape index (κ2) is 6.27. The van der Waals surface area contributed by atoms with Gasteiger partial charge in [-0.25, -0.2) is 9.59 Å². The van der Waals surface area contributed by atoms with Crippen LogP contribution in [-0.2, 0) is 4.84 Å². The first-order chi connectivity index (χ1) is 9.20. The lowest BCUT2D eigenvalue weighted by atomic mass is 10.1. The standard InChI is InChI=1S/C14H21N3O3/c1-14(2,3)15-12(18)20-17(13(19)16(4)5)11-9-7-6-8-10-11/h6-10H,1-5H3,(H,15,18). The normalized spacial score (nSPS) is 10.7. The van der Waals surface area contributed by atoms with E-state index in [0.29, 0.717) is 5.69 Å². The predicted octanol–water partition coefficient (Wildman–Crippen LogP) is 2.61. The minimum absolute atomic E-state index is 0.444. The number of para-hydroxylation sites is 1. The fraction of sp³-hybridized carbons (Fsp3) is 0.429. The molecule has 1 rings (SSSR count). The summed E-state index contributed by atoms with van der Waals surface area (Å²) in [7, 11) is 3.17. The Bertz CT molecular complexity index is 466. The fourth-order valence-corrected chi connectivity index (χ4v) is 1.36. The molecule has 1 aromatic carbocycles. The smallest absolute Gasteiger partial charge is 0.328 e. The molecule has 3 amide bonds. The molecule has 0 atom stereocenters. The Kier molecular flexibility index (Phi) is 4.96. The van der Waals surface area contributed by atoms with Crippen molar-refractivity contribution < 1.29 is 14.4 Å². The average Bonchev–Trinajstić information content (AvgIpc) is 2.34. The first kappa shape index (κ1) is 15.8. The molecule has 110 valence electrons. The summed E-state index contributed by atoms with van der Waals surface area (Å²) >= 11 is 0. The van der Waals surface area contributed by atoms with Crippen LogP contribution >= 0.6 is 0 Å². The summed E-state index contributed by atoms with van der Waals surface area (Å²) in [6, 6.07) is 8.27. The van der Waals surface area contributed by atoms with Gasteiger partial charge >= 0.3 is 12.1 Å². The van der Waals surface area contributed by atoms with Gasteiger partial charge in [0.15, 0.2) is 0 Å². The number of urea groups is 1. The van der Waals surface area contributed by atoms with Gasteiger partial charge in [0.05, 0.1) is 5.69 Å². The molecule has 1 aromatic rings. The Morgan fingerprint density at radius 2 is 1.65 bits per heavy atom. The van der Waals surface area contributed by atoms with Crippen LogP contribution < -0.4 is 10.4 Å². The van der Waals surface area contributed by atoms with E-state index >= 15 is 0 Å². The van der Waals surface area contributed by atoms with E-state index in [1.54, 1.807) is 38.4 Å². The zero-order valence-electron chi connectivity index (χ0n) is 12.5. The molecular weight excluding hydrogens is 258 g/mol. The van der Waals surface area contributed by atoms with Crippen LogP contribution in [0.2, 0.25) is 0 Å². The van der Waals surface area contributed by atoms with Crippen molar-refractivity contribution in [2.24, 2.45) is 0 Å². The maximum Gasteiger partial charge on any atom is 0.432 e. The first-order valence-electron chi connectivity index (χ1n) is 6.27. The molecule has 1 N–H and O–H groups in total. The third kappa shape index (κ3) is 4.79. The third-order valence-corrected chi connectivity index (χ3v) is 2.20. The molecule has 0 aliphatic heterocycles. The molecule has 20 heavy (non-hydrogen) atoms. The summed E-state index contributed by atoms with van der Waals surface area (Å²) in [5, 5.41) is 3.60. The van der Waals surface area contributed by atoms with Crippen molar-refractivity contribution in [3.63, 3.8) is 0 Å². The average molecular weight is 279 g/mol. The number of hydrogen-bond donors (Lipinski definition) is 1. The van der Waals surface area contributed by atoms with E-state index in [1.165, 1.54) is 4.90 Å². The van der Waals surface area contributed by atoms with Gasteiger partial charge in [0.2, 0.25) is 0 Å². The van der Waals surface area contributed by atoms with E-state index in [1.807, 2.05) is 26.8 Å². The second-order valence-corrected chi connectivity index (χ2v) is 5.56. The van der Waals surface area contributed by atoms with Gasteiger partial charge in [-0.2, -0.15) is 0 Å². The maximum absolute atomic E-state index is 12.1. The molecular formula is C14H21N3O3. The molecule has 0 heterocycles. The minimum Gasteiger partial charge on any atom is -0.328 e. The Morgan fingerprint density at radius 1 is 1.10 bits per heavy atom. The lowest BCUT2D eigenvalue weighted by Crippen LogP contribution is -2.47. The molecule has 0 radical (unpaired) electrons. The highest BCUT2D eigenvalue weighted by Crippen LogP contribution is 2.15. The number of hydrogen-bond acceptors (Lipinski definition) is 3. The van der Waals surface area contributed by atoms with Crippen LogP contribution in [0.3, 0.4) is 0 Å². The highest BCUT2D eigenvalue weighted by molar-refractivity contribution is 5.91. The van der Waals surface area contributed by atoms with Gasteiger partial charge < -0.3 is 15.1 Å². The number of nitrogens with one attached hydrogen (secondary N) is 1. The molecule has 0 saturated carbocycles. The van der Waals surface area contributed by atoms with Crippen LogP contribution in [0, 0.1) is 0 Å². The topological polar surface area (TPSA) is 61.9 Å². The Hall–Kier alpha value is -2.24. The lowest BCUT2D eigenvalue weighted by Gasteiger charge is -2.26. The van der Waals surface area contributed by atoms with Crippen LogP contribution in [-0.4, -0.2) is 36.7 Å². The number of carbonyl (C=O) groups is 2. The summed E-state index contributed by atoms with van der Waals surface area (Å²) in [6.45, 7) is 5.48. The molecule has 0 unspecified atom stereocenters. The van der Waals surface area contributed by atoms with Gasteiger partial charge in [-0.3, -0.25) is 0 Å². The van der Waals surface area contributed by atoms with Crippen molar-refractivity contribution in [2.45, 2.75) is 26.3 Å². The van der Waals surface area contributed by atoms with Crippen molar-refractivity contribution >= 4 is 17.8 Å². The second-order valence-electron chi connectivity index (χ2n) is 5.56. The molecule has 0 saturated heterocycles. The van der Waals surface area contributed by atoms with Crippen molar-refractivity contribution in [1.29, 1.82) is 0 Å². The van der Waals surface area contributed by atoms with Gasteiger partial charge in [0, 0.05) is 19.6 Å². The van der Waals surface area contributed by atoms with E-state index in [-0.39, 0.29) is 0 Å². The maximum atomic E-state index is 12.1. The monoisotopic (exact) mass is 279 g/mol. The highest BCUT2D eigenvalue weighted by Gasteiger charge is 2.24. The summed E-state index contributed by atoms with van der Waals surface area (Å²) in [5.41, 5.74) is 0.0379. The van der Waals surface area contributed by atoms with E-state index in [4.69, 9.17) is 4.84 Å². The minimum atomic E-state index is -0.684. The van der Waals surface area contributed by atoms with Gasteiger partial charge in [-0.15, -0.1) is 5.06 Å². The molecule has 0 fully saturated rings. The van der Waals surface area contributed by atoms with Crippen LogP contribution in [0.4, 0.5) is 15.3 Å².